The molecule has 0 aromatic heterocycles. The Kier molecular flexibility index (Phi) is 6.83. The molecule has 1 heterocycles. The Bertz CT molecular complexity index is 983. The summed E-state index contributed by atoms with van der Waals surface area (Å²) in [4.78, 5) is 19.8. The van der Waals surface area contributed by atoms with E-state index in [2.05, 4.69) is 4.90 Å². The maximum atomic E-state index is 12.8. The van der Waals surface area contributed by atoms with E-state index in [0.29, 0.717) is 17.1 Å². The van der Waals surface area contributed by atoms with Crippen molar-refractivity contribution >= 4 is 28.4 Å². The van der Waals surface area contributed by atoms with E-state index in [-0.39, 0.29) is 5.78 Å². The van der Waals surface area contributed by atoms with Gasteiger partial charge in [-0.05, 0) is 61.4 Å². The van der Waals surface area contributed by atoms with Gasteiger partial charge in [-0.2, -0.15) is 0 Å². The van der Waals surface area contributed by atoms with Crippen LogP contribution in [0.15, 0.2) is 89.9 Å². The highest BCUT2D eigenvalue weighted by Crippen LogP contribution is 2.24. The number of thioether (sulfide) groups is 1. The van der Waals surface area contributed by atoms with Gasteiger partial charge >= 0.3 is 0 Å². The zero-order valence-corrected chi connectivity index (χ0v) is 17.6. The van der Waals surface area contributed by atoms with Gasteiger partial charge < -0.3 is 9.64 Å². The zero-order valence-electron chi connectivity index (χ0n) is 16.7. The van der Waals surface area contributed by atoms with E-state index in [1.165, 1.54) is 24.6 Å². The van der Waals surface area contributed by atoms with Gasteiger partial charge in [0, 0.05) is 18.7 Å². The molecule has 1 fully saturated rings. The average Bonchev–Trinajstić information content (AvgIpc) is 3.33. The fourth-order valence-electron chi connectivity index (χ4n) is 3.26. The summed E-state index contributed by atoms with van der Waals surface area (Å²) in [6.07, 6.45) is 2.34. The molecule has 3 aromatic carbocycles. The fraction of sp³-hybridized carbons (Fsp3) is 0.200. The second-order valence-electron chi connectivity index (χ2n) is 7.08. The summed E-state index contributed by atoms with van der Waals surface area (Å²) in [6.45, 7) is 2.00. The number of ether oxygens (including phenoxy) is 1. The maximum Gasteiger partial charge on any atom is 0.173 e. The van der Waals surface area contributed by atoms with Gasteiger partial charge in [0.2, 0.25) is 0 Å². The molecule has 0 amide bonds. The van der Waals surface area contributed by atoms with Crippen molar-refractivity contribution in [3.05, 3.63) is 90.5 Å². The Hall–Kier alpha value is -3.05. The Morgan fingerprint density at radius 3 is 2.10 bits per heavy atom. The first-order valence-electron chi connectivity index (χ1n) is 10.2. The molecule has 0 saturated carbocycles. The first-order valence-corrected chi connectivity index (χ1v) is 11.1. The molecule has 1 saturated heterocycles. The Morgan fingerprint density at radius 1 is 0.833 bits per heavy atom. The van der Waals surface area contributed by atoms with Crippen LogP contribution in [0, 0.1) is 0 Å². The lowest BCUT2D eigenvalue weighted by Gasteiger charge is -2.19. The molecule has 0 atom stereocenters. The van der Waals surface area contributed by atoms with Gasteiger partial charge in [-0.15, -0.1) is 0 Å². The lowest BCUT2D eigenvalue weighted by molar-refractivity contribution is 0.102. The number of aliphatic imine (C=N–C) groups is 1. The SMILES string of the molecule is O=C(CSC(=Nc1ccccc1)N1CCCC1)c1ccc(Oc2ccccc2)cc1. The molecular formula is C25H24N2O2S. The number of hydrogen-bond donors (Lipinski definition) is 0. The number of rotatable bonds is 6. The topological polar surface area (TPSA) is 41.9 Å². The molecule has 4 rings (SSSR count). The lowest BCUT2D eigenvalue weighted by Crippen LogP contribution is -2.26. The second-order valence-corrected chi connectivity index (χ2v) is 8.02. The molecule has 30 heavy (non-hydrogen) atoms. The van der Waals surface area contributed by atoms with Crippen LogP contribution in [0.5, 0.6) is 11.5 Å². The predicted molar refractivity (Wildman–Crippen MR) is 124 cm³/mol. The molecule has 152 valence electrons. The summed E-state index contributed by atoms with van der Waals surface area (Å²) >= 11 is 1.52. The third kappa shape index (κ3) is 5.51. The van der Waals surface area contributed by atoms with Gasteiger partial charge in [0.25, 0.3) is 0 Å². The van der Waals surface area contributed by atoms with Gasteiger partial charge in [-0.25, -0.2) is 4.99 Å². The molecule has 1 aliphatic heterocycles. The van der Waals surface area contributed by atoms with Gasteiger partial charge in [0.15, 0.2) is 11.0 Å². The predicted octanol–water partition coefficient (Wildman–Crippen LogP) is 6.18. The van der Waals surface area contributed by atoms with Crippen molar-refractivity contribution in [3.63, 3.8) is 0 Å². The largest absolute Gasteiger partial charge is 0.457 e. The quantitative estimate of drug-likeness (QED) is 0.273. The van der Waals surface area contributed by atoms with E-state index in [1.807, 2.05) is 84.9 Å². The minimum atomic E-state index is 0.0891. The molecule has 0 N–H and O–H groups in total. The molecule has 1 aliphatic rings. The third-order valence-electron chi connectivity index (χ3n) is 4.85. The summed E-state index contributed by atoms with van der Waals surface area (Å²) in [7, 11) is 0. The Morgan fingerprint density at radius 2 is 1.43 bits per heavy atom. The van der Waals surface area contributed by atoms with E-state index < -0.39 is 0 Å². The van der Waals surface area contributed by atoms with E-state index in [4.69, 9.17) is 9.73 Å². The van der Waals surface area contributed by atoms with E-state index in [1.54, 1.807) is 0 Å². The standard InChI is InChI=1S/C25H24N2O2S/c28-24(20-13-15-23(16-14-20)29-22-11-5-2-6-12-22)19-30-25(27-17-7-8-18-27)26-21-9-3-1-4-10-21/h1-6,9-16H,7-8,17-19H2. The molecule has 0 aliphatic carbocycles. The van der Waals surface area contributed by atoms with Crippen LogP contribution in [0.1, 0.15) is 23.2 Å². The van der Waals surface area contributed by atoms with Crippen LogP contribution in [-0.2, 0) is 0 Å². The Balaban J connectivity index is 1.40. The van der Waals surface area contributed by atoms with Crippen molar-refractivity contribution in [3.8, 4) is 11.5 Å². The van der Waals surface area contributed by atoms with E-state index >= 15 is 0 Å². The van der Waals surface area contributed by atoms with Crippen molar-refractivity contribution in [2.75, 3.05) is 18.8 Å². The number of likely N-dealkylation sites (tertiary alicyclic amines) is 1. The highest BCUT2D eigenvalue weighted by Gasteiger charge is 2.18. The summed E-state index contributed by atoms with van der Waals surface area (Å²) in [6, 6.07) is 26.9. The van der Waals surface area contributed by atoms with Crippen LogP contribution < -0.4 is 4.74 Å². The van der Waals surface area contributed by atoms with Gasteiger partial charge in [0.1, 0.15) is 11.5 Å². The minimum absolute atomic E-state index is 0.0891. The lowest BCUT2D eigenvalue weighted by atomic mass is 10.1. The van der Waals surface area contributed by atoms with Crippen LogP contribution >= 0.6 is 11.8 Å². The number of benzene rings is 3. The van der Waals surface area contributed by atoms with Gasteiger partial charge in [0.05, 0.1) is 11.4 Å². The normalized spacial score (nSPS) is 14.0. The van der Waals surface area contributed by atoms with Crippen molar-refractivity contribution in [1.82, 2.24) is 4.90 Å². The number of carbonyl (C=O) groups excluding carboxylic acids is 1. The van der Waals surface area contributed by atoms with Crippen LogP contribution in [-0.4, -0.2) is 34.7 Å². The third-order valence-corrected chi connectivity index (χ3v) is 5.86. The maximum absolute atomic E-state index is 12.8. The number of para-hydroxylation sites is 2. The molecule has 4 nitrogen and oxygen atoms in total. The zero-order chi connectivity index (χ0) is 20.6. The number of Topliss-reactive ketones (excluding diaryl/α,β-unsaturated/α-hetero) is 1. The van der Waals surface area contributed by atoms with Crippen molar-refractivity contribution < 1.29 is 9.53 Å². The van der Waals surface area contributed by atoms with Gasteiger partial charge in [-0.3, -0.25) is 4.79 Å². The summed E-state index contributed by atoms with van der Waals surface area (Å²) in [5, 5.41) is 0.927. The number of nitrogens with zero attached hydrogens (tertiary/aromatic N) is 2. The molecular weight excluding hydrogens is 392 g/mol. The average molecular weight is 417 g/mol. The van der Waals surface area contributed by atoms with Crippen molar-refractivity contribution in [2.24, 2.45) is 4.99 Å². The Labute approximate surface area is 181 Å². The number of amidine groups is 1. The number of hydrogen-bond acceptors (Lipinski definition) is 4. The summed E-state index contributed by atoms with van der Waals surface area (Å²) < 4.78 is 5.80. The minimum Gasteiger partial charge on any atom is -0.457 e. The summed E-state index contributed by atoms with van der Waals surface area (Å²) in [5.41, 5.74) is 1.60. The van der Waals surface area contributed by atoms with Gasteiger partial charge in [-0.1, -0.05) is 48.2 Å². The molecule has 3 aromatic rings. The van der Waals surface area contributed by atoms with E-state index in [9.17, 15) is 4.79 Å². The van der Waals surface area contributed by atoms with Crippen molar-refractivity contribution in [2.45, 2.75) is 12.8 Å². The number of ketones is 1. The van der Waals surface area contributed by atoms with Crippen LogP contribution in [0.3, 0.4) is 0 Å². The molecule has 0 unspecified atom stereocenters. The first kappa shape index (κ1) is 20.2. The smallest absolute Gasteiger partial charge is 0.173 e. The molecule has 5 heteroatoms. The molecule has 0 bridgehead atoms. The molecule has 0 radical (unpaired) electrons. The summed E-state index contributed by atoms with van der Waals surface area (Å²) in [5.74, 6) is 1.95. The van der Waals surface area contributed by atoms with Crippen LogP contribution in [0.25, 0.3) is 0 Å². The number of carbonyl (C=O) groups is 1. The highest BCUT2D eigenvalue weighted by atomic mass is 32.2. The second kappa shape index (κ2) is 10.1. The fourth-order valence-corrected chi connectivity index (χ4v) is 4.22. The van der Waals surface area contributed by atoms with Crippen LogP contribution in [0.4, 0.5) is 5.69 Å². The van der Waals surface area contributed by atoms with Crippen molar-refractivity contribution in [1.29, 1.82) is 0 Å². The van der Waals surface area contributed by atoms with Crippen LogP contribution in [0.2, 0.25) is 0 Å². The van der Waals surface area contributed by atoms with E-state index in [0.717, 1.165) is 29.7 Å². The monoisotopic (exact) mass is 416 g/mol. The first-order chi connectivity index (χ1) is 14.8. The molecule has 0 spiro atoms. The highest BCUT2D eigenvalue weighted by molar-refractivity contribution is 8.14.